The van der Waals surface area contributed by atoms with E-state index in [1.807, 2.05) is 42.3 Å². The van der Waals surface area contributed by atoms with Crippen molar-refractivity contribution >= 4 is 17.6 Å². The summed E-state index contributed by atoms with van der Waals surface area (Å²) in [5, 5.41) is 4.83. The molecule has 3 amide bonds. The third-order valence-corrected chi connectivity index (χ3v) is 7.30. The number of halogens is 2. The summed E-state index contributed by atoms with van der Waals surface area (Å²) in [5.41, 5.74) is 2.82. The molecule has 1 aliphatic heterocycles. The van der Waals surface area contributed by atoms with Crippen LogP contribution in [0.15, 0.2) is 85.2 Å². The Morgan fingerprint density at radius 3 is 2.50 bits per heavy atom. The summed E-state index contributed by atoms with van der Waals surface area (Å²) >= 11 is 0. The number of para-hydroxylation sites is 1. The third-order valence-electron chi connectivity index (χ3n) is 7.30. The van der Waals surface area contributed by atoms with Crippen LogP contribution in [0.25, 0.3) is 0 Å². The highest BCUT2D eigenvalue weighted by molar-refractivity contribution is 5.95. The Morgan fingerprint density at radius 2 is 1.77 bits per heavy atom. The largest absolute Gasteiger partial charge is 0.334 e. The fourth-order valence-corrected chi connectivity index (χ4v) is 5.24. The maximum Gasteiger partial charge on any atom is 0.319 e. The van der Waals surface area contributed by atoms with Crippen molar-refractivity contribution in [3.8, 4) is 0 Å². The molecule has 0 saturated carbocycles. The van der Waals surface area contributed by atoms with Gasteiger partial charge in [0.05, 0.1) is 12.1 Å². The van der Waals surface area contributed by atoms with E-state index in [1.165, 1.54) is 6.07 Å². The zero-order valence-corrected chi connectivity index (χ0v) is 22.2. The van der Waals surface area contributed by atoms with Crippen molar-refractivity contribution in [2.45, 2.75) is 38.5 Å². The number of allylic oxidation sites excluding steroid dienone is 2. The second-order valence-corrected chi connectivity index (χ2v) is 9.98. The number of carbonyl (C=O) groups is 2. The molecule has 1 saturated heterocycles. The minimum absolute atomic E-state index is 0.0476. The number of nitrogens with one attached hydrogen (secondary N) is 2. The second-order valence-electron chi connectivity index (χ2n) is 9.98. The summed E-state index contributed by atoms with van der Waals surface area (Å²) in [6, 6.07) is 12.0. The highest BCUT2D eigenvalue weighted by Crippen LogP contribution is 2.26. The summed E-state index contributed by atoms with van der Waals surface area (Å²) in [4.78, 5) is 34.6. The molecule has 2 unspecified atom stereocenters. The summed E-state index contributed by atoms with van der Waals surface area (Å²) in [7, 11) is 0. The minimum Gasteiger partial charge on any atom is -0.334 e. The zero-order valence-electron chi connectivity index (χ0n) is 22.2. The zero-order chi connectivity index (χ0) is 28.1. The first-order valence-corrected chi connectivity index (χ1v) is 13.3. The number of amides is 3. The summed E-state index contributed by atoms with van der Waals surface area (Å²) in [6.07, 6.45) is 12.8. The van der Waals surface area contributed by atoms with Crippen molar-refractivity contribution in [3.05, 3.63) is 119 Å². The van der Waals surface area contributed by atoms with Crippen LogP contribution in [0.1, 0.15) is 33.5 Å². The van der Waals surface area contributed by atoms with E-state index in [-0.39, 0.29) is 24.5 Å². The molecule has 2 heterocycles. The van der Waals surface area contributed by atoms with Crippen molar-refractivity contribution in [1.82, 2.24) is 20.1 Å². The molecule has 1 aliphatic carbocycles. The fraction of sp³-hybridized carbons (Fsp3) is 0.258. The van der Waals surface area contributed by atoms with Gasteiger partial charge in [-0.25, -0.2) is 13.6 Å². The van der Waals surface area contributed by atoms with Crippen molar-refractivity contribution in [2.24, 2.45) is 0 Å². The van der Waals surface area contributed by atoms with Crippen molar-refractivity contribution in [3.63, 3.8) is 0 Å². The molecular formula is C31H31F2N5O2. The molecule has 9 heteroatoms. The number of carbonyl (C=O) groups excluding carboxylic acids is 2. The smallest absolute Gasteiger partial charge is 0.319 e. The Labute approximate surface area is 232 Å². The van der Waals surface area contributed by atoms with E-state index in [9.17, 15) is 18.4 Å². The third kappa shape index (κ3) is 6.10. The number of hydrogen-bond acceptors (Lipinski definition) is 4. The number of urea groups is 1. The molecule has 0 radical (unpaired) electrons. The second kappa shape index (κ2) is 12.2. The Morgan fingerprint density at radius 1 is 1.00 bits per heavy atom. The first kappa shape index (κ1) is 27.2. The molecule has 5 rings (SSSR count). The van der Waals surface area contributed by atoms with Gasteiger partial charge in [0.15, 0.2) is 0 Å². The summed E-state index contributed by atoms with van der Waals surface area (Å²) in [6.45, 7) is 4.25. The van der Waals surface area contributed by atoms with Crippen LogP contribution in [0.4, 0.5) is 19.3 Å². The number of benzene rings is 2. The van der Waals surface area contributed by atoms with Gasteiger partial charge < -0.3 is 15.5 Å². The summed E-state index contributed by atoms with van der Waals surface area (Å²) in [5.74, 6) is -1.75. The highest BCUT2D eigenvalue weighted by Gasteiger charge is 2.35. The van der Waals surface area contributed by atoms with Crippen LogP contribution in [0, 0.1) is 18.6 Å². The van der Waals surface area contributed by atoms with E-state index in [1.54, 1.807) is 18.3 Å². The average molecular weight is 544 g/mol. The maximum absolute atomic E-state index is 13.8. The summed E-state index contributed by atoms with van der Waals surface area (Å²) < 4.78 is 27.7. The number of hydrogen-bond donors (Lipinski definition) is 2. The molecule has 0 spiro atoms. The molecular weight excluding hydrogens is 512 g/mol. The van der Waals surface area contributed by atoms with Gasteiger partial charge >= 0.3 is 6.03 Å². The predicted octanol–water partition coefficient (Wildman–Crippen LogP) is 5.20. The number of rotatable bonds is 6. The minimum atomic E-state index is -0.853. The predicted molar refractivity (Wildman–Crippen MR) is 150 cm³/mol. The number of fused-ring (bicyclic) bond motifs is 1. The van der Waals surface area contributed by atoms with Crippen LogP contribution in [0.5, 0.6) is 0 Å². The van der Waals surface area contributed by atoms with Gasteiger partial charge in [0.25, 0.3) is 5.91 Å². The lowest BCUT2D eigenvalue weighted by Crippen LogP contribution is -2.50. The van der Waals surface area contributed by atoms with Crippen LogP contribution >= 0.6 is 0 Å². The van der Waals surface area contributed by atoms with Crippen LogP contribution in [0.3, 0.4) is 0 Å². The number of aromatic nitrogens is 1. The van der Waals surface area contributed by atoms with Gasteiger partial charge in [-0.05, 0) is 60.4 Å². The van der Waals surface area contributed by atoms with E-state index >= 15 is 0 Å². The van der Waals surface area contributed by atoms with E-state index in [2.05, 4.69) is 38.7 Å². The normalized spacial score (nSPS) is 18.6. The number of anilines is 1. The van der Waals surface area contributed by atoms with Crippen LogP contribution in [0.2, 0.25) is 0 Å². The molecule has 2 atom stereocenters. The van der Waals surface area contributed by atoms with E-state index in [0.717, 1.165) is 48.3 Å². The van der Waals surface area contributed by atoms with Gasteiger partial charge in [-0.1, -0.05) is 42.5 Å². The highest BCUT2D eigenvalue weighted by atomic mass is 19.1. The van der Waals surface area contributed by atoms with Crippen LogP contribution in [-0.4, -0.2) is 51.9 Å². The van der Waals surface area contributed by atoms with Crippen LogP contribution in [-0.2, 0) is 13.1 Å². The first-order valence-electron chi connectivity index (χ1n) is 13.3. The van der Waals surface area contributed by atoms with Gasteiger partial charge in [-0.15, -0.1) is 0 Å². The first-order chi connectivity index (χ1) is 19.4. The Hall–Kier alpha value is -4.37. The SMILES string of the molecule is Cc1cc(C(=O)N2CCCN(Cc3cccnc3)C3C=CC=CC32)ccc1CNC(=O)Nc1c(F)cccc1F. The fourth-order valence-electron chi connectivity index (χ4n) is 5.24. The number of nitrogens with zero attached hydrogens (tertiary/aromatic N) is 3. The Bertz CT molecular complexity index is 1420. The number of pyridine rings is 1. The lowest BCUT2D eigenvalue weighted by atomic mass is 9.98. The van der Waals surface area contributed by atoms with Gasteiger partial charge in [0.2, 0.25) is 0 Å². The lowest BCUT2D eigenvalue weighted by molar-refractivity contribution is 0.0683. The van der Waals surface area contributed by atoms with Crippen LogP contribution < -0.4 is 10.6 Å². The van der Waals surface area contributed by atoms with Gasteiger partial charge in [0, 0.05) is 44.1 Å². The maximum atomic E-state index is 13.8. The molecule has 0 bridgehead atoms. The molecule has 2 N–H and O–H groups in total. The molecule has 40 heavy (non-hydrogen) atoms. The van der Waals surface area contributed by atoms with Gasteiger partial charge in [-0.3, -0.25) is 14.7 Å². The molecule has 2 aliphatic rings. The molecule has 7 nitrogen and oxygen atoms in total. The van der Waals surface area contributed by atoms with Crippen molar-refractivity contribution in [1.29, 1.82) is 0 Å². The van der Waals surface area contributed by atoms with Gasteiger partial charge in [0.1, 0.15) is 17.3 Å². The lowest BCUT2D eigenvalue weighted by Gasteiger charge is -2.37. The molecule has 1 aromatic heterocycles. The average Bonchev–Trinajstić information content (AvgIpc) is 3.14. The van der Waals surface area contributed by atoms with E-state index in [4.69, 9.17) is 0 Å². The monoisotopic (exact) mass is 543 g/mol. The van der Waals surface area contributed by atoms with E-state index in [0.29, 0.717) is 12.1 Å². The van der Waals surface area contributed by atoms with E-state index < -0.39 is 23.4 Å². The molecule has 206 valence electrons. The molecule has 3 aromatic rings. The van der Waals surface area contributed by atoms with Crippen molar-refractivity contribution < 1.29 is 18.4 Å². The Kier molecular flexibility index (Phi) is 8.31. The molecule has 2 aromatic carbocycles. The van der Waals surface area contributed by atoms with Gasteiger partial charge in [-0.2, -0.15) is 0 Å². The quantitative estimate of drug-likeness (QED) is 0.448. The standard InChI is InChI=1S/C31H31F2N5O2/c1-21-17-23(12-13-24(21)19-35-31(40)36-29-25(32)8-4-9-26(29)33)30(39)38-16-6-15-37(20-22-7-5-14-34-18-22)27-10-2-3-11-28(27)38/h2-5,7-14,17-18,27-28H,6,15-16,19-20H2,1H3,(H2,35,36,40). The number of aryl methyl sites for hydroxylation is 1. The van der Waals surface area contributed by atoms with Crippen molar-refractivity contribution in [2.75, 3.05) is 18.4 Å². The molecule has 1 fully saturated rings. The Balaban J connectivity index is 1.25. The topological polar surface area (TPSA) is 77.6 Å².